The standard InChI is InChI=1S/C12H20N4/c1-15-11(4-6-14-15)12-9(8-13)5-7-16(12)10-2-3-10/h4,6,9-10,12H,2-3,5,7-8,13H2,1H3. The molecule has 1 saturated carbocycles. The molecule has 0 bridgehead atoms. The zero-order chi connectivity index (χ0) is 11.1. The maximum Gasteiger partial charge on any atom is 0.0560 e. The minimum Gasteiger partial charge on any atom is -0.330 e. The topological polar surface area (TPSA) is 47.1 Å². The minimum atomic E-state index is 0.505. The van der Waals surface area contributed by atoms with Crippen molar-refractivity contribution in [3.63, 3.8) is 0 Å². The van der Waals surface area contributed by atoms with E-state index in [-0.39, 0.29) is 0 Å². The maximum absolute atomic E-state index is 5.91. The van der Waals surface area contributed by atoms with Gasteiger partial charge in [-0.05, 0) is 44.3 Å². The predicted octanol–water partition coefficient (Wildman–Crippen LogP) is 0.904. The third-order valence-corrected chi connectivity index (χ3v) is 4.04. The second kappa shape index (κ2) is 3.86. The molecule has 16 heavy (non-hydrogen) atoms. The number of nitrogens with two attached hydrogens (primary N) is 1. The van der Waals surface area contributed by atoms with Crippen molar-refractivity contribution >= 4 is 0 Å². The molecular weight excluding hydrogens is 200 g/mol. The first-order chi connectivity index (χ1) is 7.81. The lowest BCUT2D eigenvalue weighted by atomic mass is 9.97. The molecule has 1 aliphatic heterocycles. The van der Waals surface area contributed by atoms with Crippen molar-refractivity contribution in [1.29, 1.82) is 0 Å². The molecule has 4 nitrogen and oxygen atoms in total. The Kier molecular flexibility index (Phi) is 2.48. The summed E-state index contributed by atoms with van der Waals surface area (Å²) in [7, 11) is 2.03. The average Bonchev–Trinajstić information content (AvgIpc) is 2.91. The van der Waals surface area contributed by atoms with E-state index in [1.54, 1.807) is 0 Å². The summed E-state index contributed by atoms with van der Waals surface area (Å²) in [4.78, 5) is 2.65. The van der Waals surface area contributed by atoms with Crippen LogP contribution in [0.3, 0.4) is 0 Å². The fraction of sp³-hybridized carbons (Fsp3) is 0.750. The number of hydrogen-bond donors (Lipinski definition) is 1. The number of aryl methyl sites for hydroxylation is 1. The first-order valence-electron chi connectivity index (χ1n) is 6.25. The smallest absolute Gasteiger partial charge is 0.0560 e. The Labute approximate surface area is 96.4 Å². The van der Waals surface area contributed by atoms with Gasteiger partial charge >= 0.3 is 0 Å². The van der Waals surface area contributed by atoms with E-state index in [1.807, 2.05) is 17.9 Å². The Bertz CT molecular complexity index is 369. The number of hydrogen-bond acceptors (Lipinski definition) is 3. The molecule has 2 fully saturated rings. The summed E-state index contributed by atoms with van der Waals surface area (Å²) in [6.07, 6.45) is 5.87. The fourth-order valence-corrected chi connectivity index (χ4v) is 3.03. The van der Waals surface area contributed by atoms with Crippen molar-refractivity contribution < 1.29 is 0 Å². The molecule has 1 saturated heterocycles. The van der Waals surface area contributed by atoms with E-state index in [0.717, 1.165) is 12.6 Å². The van der Waals surface area contributed by atoms with Crippen LogP contribution in [-0.2, 0) is 7.05 Å². The van der Waals surface area contributed by atoms with Crippen LogP contribution in [-0.4, -0.2) is 33.8 Å². The van der Waals surface area contributed by atoms with Crippen LogP contribution in [0, 0.1) is 5.92 Å². The molecule has 4 heteroatoms. The van der Waals surface area contributed by atoms with E-state index in [2.05, 4.69) is 16.1 Å². The van der Waals surface area contributed by atoms with Crippen LogP contribution < -0.4 is 5.73 Å². The van der Waals surface area contributed by atoms with Crippen LogP contribution >= 0.6 is 0 Å². The van der Waals surface area contributed by atoms with Crippen molar-refractivity contribution in [3.8, 4) is 0 Å². The lowest BCUT2D eigenvalue weighted by Crippen LogP contribution is -2.31. The summed E-state index contributed by atoms with van der Waals surface area (Å²) in [5, 5.41) is 4.29. The van der Waals surface area contributed by atoms with Crippen molar-refractivity contribution in [2.75, 3.05) is 13.1 Å². The zero-order valence-electron chi connectivity index (χ0n) is 9.84. The zero-order valence-corrected chi connectivity index (χ0v) is 9.84. The first-order valence-corrected chi connectivity index (χ1v) is 6.25. The van der Waals surface area contributed by atoms with E-state index in [9.17, 15) is 0 Å². The highest BCUT2D eigenvalue weighted by molar-refractivity contribution is 5.13. The van der Waals surface area contributed by atoms with Gasteiger partial charge in [0.1, 0.15) is 0 Å². The minimum absolute atomic E-state index is 0.505. The Morgan fingerprint density at radius 3 is 2.81 bits per heavy atom. The summed E-state index contributed by atoms with van der Waals surface area (Å²) in [6.45, 7) is 2.00. The van der Waals surface area contributed by atoms with Gasteiger partial charge in [-0.2, -0.15) is 5.10 Å². The second-order valence-corrected chi connectivity index (χ2v) is 5.08. The summed E-state index contributed by atoms with van der Waals surface area (Å²) in [5.74, 6) is 0.607. The molecule has 1 aromatic rings. The Balaban J connectivity index is 1.90. The molecule has 0 spiro atoms. The SMILES string of the molecule is Cn1nccc1C1C(CN)CCN1C1CC1. The highest BCUT2D eigenvalue weighted by Gasteiger charge is 2.43. The van der Waals surface area contributed by atoms with E-state index in [4.69, 9.17) is 5.73 Å². The molecule has 88 valence electrons. The molecule has 1 aromatic heterocycles. The molecule has 2 heterocycles. The Morgan fingerprint density at radius 1 is 1.44 bits per heavy atom. The highest BCUT2D eigenvalue weighted by Crippen LogP contribution is 2.43. The van der Waals surface area contributed by atoms with E-state index in [1.165, 1.54) is 31.5 Å². The molecule has 0 amide bonds. The Hall–Kier alpha value is -0.870. The first kappa shape index (κ1) is 10.3. The lowest BCUT2D eigenvalue weighted by molar-refractivity contribution is 0.211. The molecule has 2 aliphatic rings. The van der Waals surface area contributed by atoms with E-state index in [0.29, 0.717) is 12.0 Å². The van der Waals surface area contributed by atoms with Gasteiger partial charge in [0.15, 0.2) is 0 Å². The lowest BCUT2D eigenvalue weighted by Gasteiger charge is -2.27. The van der Waals surface area contributed by atoms with Crippen LogP contribution in [0.4, 0.5) is 0 Å². The van der Waals surface area contributed by atoms with E-state index >= 15 is 0 Å². The molecule has 0 aromatic carbocycles. The van der Waals surface area contributed by atoms with Gasteiger partial charge in [0.25, 0.3) is 0 Å². The fourth-order valence-electron chi connectivity index (χ4n) is 3.03. The van der Waals surface area contributed by atoms with Gasteiger partial charge in [-0.25, -0.2) is 0 Å². The van der Waals surface area contributed by atoms with Crippen molar-refractivity contribution in [3.05, 3.63) is 18.0 Å². The van der Waals surface area contributed by atoms with Gasteiger partial charge in [0.2, 0.25) is 0 Å². The number of likely N-dealkylation sites (tertiary alicyclic amines) is 1. The maximum atomic E-state index is 5.91. The highest BCUT2D eigenvalue weighted by atomic mass is 15.3. The van der Waals surface area contributed by atoms with Gasteiger partial charge in [-0.15, -0.1) is 0 Å². The van der Waals surface area contributed by atoms with Gasteiger partial charge in [0, 0.05) is 19.3 Å². The average molecular weight is 220 g/mol. The van der Waals surface area contributed by atoms with Gasteiger partial charge in [-0.3, -0.25) is 9.58 Å². The molecule has 2 atom stereocenters. The van der Waals surface area contributed by atoms with Crippen LogP contribution in [0.2, 0.25) is 0 Å². The van der Waals surface area contributed by atoms with E-state index < -0.39 is 0 Å². The van der Waals surface area contributed by atoms with Crippen LogP contribution in [0.25, 0.3) is 0 Å². The summed E-state index contributed by atoms with van der Waals surface area (Å²) in [5.41, 5.74) is 7.24. The third-order valence-electron chi connectivity index (χ3n) is 4.04. The third kappa shape index (κ3) is 1.57. The second-order valence-electron chi connectivity index (χ2n) is 5.08. The summed E-state index contributed by atoms with van der Waals surface area (Å²) < 4.78 is 2.01. The Morgan fingerprint density at radius 2 is 2.25 bits per heavy atom. The molecular formula is C12H20N4. The van der Waals surface area contributed by atoms with Gasteiger partial charge in [-0.1, -0.05) is 0 Å². The molecule has 0 radical (unpaired) electrons. The summed E-state index contributed by atoms with van der Waals surface area (Å²) in [6, 6.07) is 3.47. The van der Waals surface area contributed by atoms with Gasteiger partial charge < -0.3 is 5.73 Å². The van der Waals surface area contributed by atoms with Gasteiger partial charge in [0.05, 0.1) is 11.7 Å². The monoisotopic (exact) mass is 220 g/mol. The molecule has 2 N–H and O–H groups in total. The predicted molar refractivity (Wildman–Crippen MR) is 62.8 cm³/mol. The largest absolute Gasteiger partial charge is 0.330 e. The number of rotatable bonds is 3. The quantitative estimate of drug-likeness (QED) is 0.823. The molecule has 1 aliphatic carbocycles. The van der Waals surface area contributed by atoms with Crippen molar-refractivity contribution in [2.45, 2.75) is 31.3 Å². The van der Waals surface area contributed by atoms with Crippen LogP contribution in [0.5, 0.6) is 0 Å². The number of nitrogens with zero attached hydrogens (tertiary/aromatic N) is 3. The molecule has 2 unspecified atom stereocenters. The van der Waals surface area contributed by atoms with Crippen LogP contribution in [0.1, 0.15) is 31.0 Å². The van der Waals surface area contributed by atoms with Crippen molar-refractivity contribution in [2.24, 2.45) is 18.7 Å². The number of aromatic nitrogens is 2. The molecule has 3 rings (SSSR count). The summed E-state index contributed by atoms with van der Waals surface area (Å²) >= 11 is 0. The van der Waals surface area contributed by atoms with Crippen LogP contribution in [0.15, 0.2) is 12.3 Å². The normalized spacial score (nSPS) is 31.1. The van der Waals surface area contributed by atoms with Crippen molar-refractivity contribution in [1.82, 2.24) is 14.7 Å².